The van der Waals surface area contributed by atoms with Crippen molar-refractivity contribution in [3.63, 3.8) is 0 Å². The predicted molar refractivity (Wildman–Crippen MR) is 73.7 cm³/mol. The summed E-state index contributed by atoms with van der Waals surface area (Å²) in [6.07, 6.45) is 2.44. The molecule has 0 aliphatic rings. The van der Waals surface area contributed by atoms with Gasteiger partial charge in [-0.2, -0.15) is 0 Å². The van der Waals surface area contributed by atoms with Crippen LogP contribution < -0.4 is 5.32 Å². The summed E-state index contributed by atoms with van der Waals surface area (Å²) in [7, 11) is 1.65. The second-order valence-corrected chi connectivity index (χ2v) is 4.40. The number of nitrogens with zero attached hydrogens (tertiary/aromatic N) is 2. The Labute approximate surface area is 112 Å². The van der Waals surface area contributed by atoms with E-state index in [-0.39, 0.29) is 12.6 Å². The number of hydrogen-bond donors (Lipinski definition) is 2. The maximum Gasteiger partial charge on any atom is 0.0890 e. The lowest BCUT2D eigenvalue weighted by atomic mass is 10.2. The maximum atomic E-state index is 8.98. The minimum atomic E-state index is 0.128. The summed E-state index contributed by atoms with van der Waals surface area (Å²) in [6.45, 7) is 1.33. The van der Waals surface area contributed by atoms with E-state index in [9.17, 15) is 0 Å². The number of aromatic nitrogens is 2. The van der Waals surface area contributed by atoms with Crippen molar-refractivity contribution in [1.82, 2.24) is 15.3 Å². The highest BCUT2D eigenvalue weighted by Gasteiger charge is 2.08. The van der Waals surface area contributed by atoms with Gasteiger partial charge < -0.3 is 15.2 Å². The van der Waals surface area contributed by atoms with Crippen molar-refractivity contribution in [2.75, 3.05) is 20.3 Å². The first-order valence-electron chi connectivity index (χ1n) is 6.37. The minimum absolute atomic E-state index is 0.128. The standard InChI is InChI=1S/C14H19N3O2/c1-19-10-11(6-7-18)15-8-12-9-16-13-4-2-3-5-14(13)17-12/h2-5,9,11,15,18H,6-8,10H2,1H3. The van der Waals surface area contributed by atoms with Crippen molar-refractivity contribution in [3.8, 4) is 0 Å². The molecule has 5 heteroatoms. The van der Waals surface area contributed by atoms with Crippen molar-refractivity contribution in [2.24, 2.45) is 0 Å². The van der Waals surface area contributed by atoms with Gasteiger partial charge in [0.25, 0.3) is 0 Å². The van der Waals surface area contributed by atoms with E-state index < -0.39 is 0 Å². The number of aliphatic hydroxyl groups excluding tert-OH is 1. The second kappa shape index (κ2) is 7.13. The maximum absolute atomic E-state index is 8.98. The molecule has 1 aromatic carbocycles. The van der Waals surface area contributed by atoms with Gasteiger partial charge in [0, 0.05) is 26.3 Å². The fourth-order valence-corrected chi connectivity index (χ4v) is 1.93. The van der Waals surface area contributed by atoms with Gasteiger partial charge in [0.05, 0.1) is 29.5 Å². The number of rotatable bonds is 7. The summed E-state index contributed by atoms with van der Waals surface area (Å²) in [5.74, 6) is 0. The molecule has 1 aromatic heterocycles. The van der Waals surface area contributed by atoms with Gasteiger partial charge in [0.1, 0.15) is 0 Å². The van der Waals surface area contributed by atoms with Crippen LogP contribution in [0.15, 0.2) is 30.5 Å². The third-order valence-corrected chi connectivity index (χ3v) is 2.92. The minimum Gasteiger partial charge on any atom is -0.396 e. The van der Waals surface area contributed by atoms with Gasteiger partial charge in [0.15, 0.2) is 0 Å². The number of benzene rings is 1. The first kappa shape index (κ1) is 13.9. The van der Waals surface area contributed by atoms with Crippen LogP contribution in [0, 0.1) is 0 Å². The normalized spacial score (nSPS) is 12.7. The molecule has 102 valence electrons. The van der Waals surface area contributed by atoms with Crippen LogP contribution >= 0.6 is 0 Å². The lowest BCUT2D eigenvalue weighted by Crippen LogP contribution is -2.33. The van der Waals surface area contributed by atoms with Crippen molar-refractivity contribution in [1.29, 1.82) is 0 Å². The van der Waals surface area contributed by atoms with Crippen molar-refractivity contribution < 1.29 is 9.84 Å². The molecule has 2 N–H and O–H groups in total. The van der Waals surface area contributed by atoms with E-state index in [4.69, 9.17) is 9.84 Å². The highest BCUT2D eigenvalue weighted by Crippen LogP contribution is 2.08. The molecular weight excluding hydrogens is 242 g/mol. The van der Waals surface area contributed by atoms with E-state index >= 15 is 0 Å². The molecule has 0 amide bonds. The summed E-state index contributed by atoms with van der Waals surface area (Å²) >= 11 is 0. The molecule has 0 saturated carbocycles. The summed E-state index contributed by atoms with van der Waals surface area (Å²) < 4.78 is 5.11. The number of methoxy groups -OCH3 is 1. The molecule has 1 atom stereocenters. The van der Waals surface area contributed by atoms with Crippen LogP contribution in [0.2, 0.25) is 0 Å². The van der Waals surface area contributed by atoms with E-state index in [2.05, 4.69) is 15.3 Å². The van der Waals surface area contributed by atoms with Crippen molar-refractivity contribution >= 4 is 11.0 Å². The Balaban J connectivity index is 2.00. The average Bonchev–Trinajstić information content (AvgIpc) is 2.45. The molecule has 0 aliphatic heterocycles. The number of ether oxygens (including phenoxy) is 1. The fourth-order valence-electron chi connectivity index (χ4n) is 1.93. The summed E-state index contributed by atoms with van der Waals surface area (Å²) in [6, 6.07) is 7.92. The molecule has 2 rings (SSSR count). The van der Waals surface area contributed by atoms with Crippen molar-refractivity contribution in [3.05, 3.63) is 36.2 Å². The Morgan fingerprint density at radius 2 is 2.11 bits per heavy atom. The molecule has 0 saturated heterocycles. The molecule has 0 bridgehead atoms. The fraction of sp³-hybridized carbons (Fsp3) is 0.429. The van der Waals surface area contributed by atoms with Gasteiger partial charge in [-0.05, 0) is 18.6 Å². The summed E-state index contributed by atoms with van der Waals surface area (Å²) in [5, 5.41) is 12.3. The lowest BCUT2D eigenvalue weighted by molar-refractivity contribution is 0.148. The molecule has 0 radical (unpaired) electrons. The predicted octanol–water partition coefficient (Wildman–Crippen LogP) is 1.12. The van der Waals surface area contributed by atoms with Crippen LogP contribution in [0.4, 0.5) is 0 Å². The Kier molecular flexibility index (Phi) is 5.20. The molecular formula is C14H19N3O2. The van der Waals surface area contributed by atoms with Crippen LogP contribution in [0.25, 0.3) is 11.0 Å². The smallest absolute Gasteiger partial charge is 0.0890 e. The molecule has 1 unspecified atom stereocenters. The largest absolute Gasteiger partial charge is 0.396 e. The zero-order valence-electron chi connectivity index (χ0n) is 11.0. The van der Waals surface area contributed by atoms with Gasteiger partial charge in [-0.3, -0.25) is 4.98 Å². The van der Waals surface area contributed by atoms with Crippen LogP contribution in [-0.2, 0) is 11.3 Å². The number of hydrogen-bond acceptors (Lipinski definition) is 5. The molecule has 19 heavy (non-hydrogen) atoms. The van der Waals surface area contributed by atoms with E-state index in [1.807, 2.05) is 24.3 Å². The van der Waals surface area contributed by atoms with Gasteiger partial charge in [0.2, 0.25) is 0 Å². The van der Waals surface area contributed by atoms with Gasteiger partial charge in [-0.1, -0.05) is 12.1 Å². The quantitative estimate of drug-likeness (QED) is 0.781. The van der Waals surface area contributed by atoms with Gasteiger partial charge in [-0.25, -0.2) is 4.98 Å². The highest BCUT2D eigenvalue weighted by molar-refractivity contribution is 5.73. The molecule has 5 nitrogen and oxygen atoms in total. The monoisotopic (exact) mass is 261 g/mol. The van der Waals surface area contributed by atoms with Crippen LogP contribution in [0.5, 0.6) is 0 Å². The average molecular weight is 261 g/mol. The zero-order chi connectivity index (χ0) is 13.5. The Morgan fingerprint density at radius 3 is 2.84 bits per heavy atom. The third-order valence-electron chi connectivity index (χ3n) is 2.92. The molecule has 1 heterocycles. The third kappa shape index (κ3) is 3.96. The van der Waals surface area contributed by atoms with Crippen LogP contribution in [-0.4, -0.2) is 41.4 Å². The molecule has 0 aliphatic carbocycles. The first-order valence-corrected chi connectivity index (χ1v) is 6.37. The number of nitrogens with one attached hydrogen (secondary N) is 1. The number of fused-ring (bicyclic) bond motifs is 1. The van der Waals surface area contributed by atoms with Crippen LogP contribution in [0.3, 0.4) is 0 Å². The Hall–Kier alpha value is -1.56. The van der Waals surface area contributed by atoms with Crippen LogP contribution in [0.1, 0.15) is 12.1 Å². The van der Waals surface area contributed by atoms with E-state index in [0.717, 1.165) is 16.7 Å². The lowest BCUT2D eigenvalue weighted by Gasteiger charge is -2.16. The van der Waals surface area contributed by atoms with E-state index in [1.54, 1.807) is 13.3 Å². The van der Waals surface area contributed by atoms with Gasteiger partial charge in [-0.15, -0.1) is 0 Å². The topological polar surface area (TPSA) is 67.3 Å². The SMILES string of the molecule is COCC(CCO)NCc1cnc2ccccc2n1. The van der Waals surface area contributed by atoms with E-state index in [1.165, 1.54) is 0 Å². The van der Waals surface area contributed by atoms with Gasteiger partial charge >= 0.3 is 0 Å². The Morgan fingerprint density at radius 1 is 1.32 bits per heavy atom. The van der Waals surface area contributed by atoms with E-state index in [0.29, 0.717) is 19.6 Å². The number of para-hydroxylation sites is 2. The molecule has 0 fully saturated rings. The highest BCUT2D eigenvalue weighted by atomic mass is 16.5. The zero-order valence-corrected chi connectivity index (χ0v) is 11.0. The second-order valence-electron chi connectivity index (χ2n) is 4.40. The van der Waals surface area contributed by atoms with Crippen molar-refractivity contribution in [2.45, 2.75) is 19.0 Å². The number of aliphatic hydroxyl groups is 1. The molecule has 2 aromatic rings. The summed E-state index contributed by atoms with van der Waals surface area (Å²) in [4.78, 5) is 8.91. The summed E-state index contributed by atoms with van der Waals surface area (Å²) in [5.41, 5.74) is 2.68. The molecule has 0 spiro atoms. The first-order chi connectivity index (χ1) is 9.33. The Bertz CT molecular complexity index is 513.